The maximum Gasteiger partial charge on any atom is 0.319 e. The van der Waals surface area contributed by atoms with Crippen LogP contribution in [0.15, 0.2) is 24.3 Å². The molecule has 7 heteroatoms. The van der Waals surface area contributed by atoms with Gasteiger partial charge in [0, 0.05) is 31.0 Å². The molecule has 1 aliphatic heterocycles. The number of nitrogens with zero attached hydrogens (tertiary/aromatic N) is 1. The molecule has 1 aromatic rings. The van der Waals surface area contributed by atoms with E-state index < -0.39 is 9.84 Å². The fourth-order valence-electron chi connectivity index (χ4n) is 3.91. The molecule has 0 spiro atoms. The van der Waals surface area contributed by atoms with Gasteiger partial charge in [-0.2, -0.15) is 0 Å². The van der Waals surface area contributed by atoms with Crippen molar-refractivity contribution in [3.05, 3.63) is 24.3 Å². The summed E-state index contributed by atoms with van der Waals surface area (Å²) in [4.78, 5) is 14.2. The molecular weight excluding hydrogens is 350 g/mol. The Bertz CT molecular complexity index is 721. The molecule has 0 unspecified atom stereocenters. The van der Waals surface area contributed by atoms with Gasteiger partial charge in [0.15, 0.2) is 9.84 Å². The molecule has 1 saturated carbocycles. The highest BCUT2D eigenvalue weighted by atomic mass is 32.2. The van der Waals surface area contributed by atoms with Crippen molar-refractivity contribution in [2.75, 3.05) is 41.4 Å². The first-order valence-corrected chi connectivity index (χ1v) is 11.3. The fourth-order valence-corrected chi connectivity index (χ4v) is 5.11. The molecule has 0 bridgehead atoms. The molecule has 2 atom stereocenters. The lowest BCUT2D eigenvalue weighted by Gasteiger charge is -2.29. The van der Waals surface area contributed by atoms with Gasteiger partial charge < -0.3 is 15.5 Å². The molecule has 0 radical (unpaired) electrons. The van der Waals surface area contributed by atoms with E-state index in [0.717, 1.165) is 23.8 Å². The normalized spacial score (nSPS) is 25.5. The van der Waals surface area contributed by atoms with Gasteiger partial charge in [-0.05, 0) is 42.9 Å². The van der Waals surface area contributed by atoms with Crippen LogP contribution in [0.3, 0.4) is 0 Å². The van der Waals surface area contributed by atoms with Gasteiger partial charge in [0.05, 0.1) is 11.5 Å². The lowest BCUT2D eigenvalue weighted by Crippen LogP contribution is -2.40. The summed E-state index contributed by atoms with van der Waals surface area (Å²) in [6.45, 7) is 4.00. The lowest BCUT2D eigenvalue weighted by atomic mass is 9.82. The minimum atomic E-state index is -2.90. The highest BCUT2D eigenvalue weighted by molar-refractivity contribution is 7.91. The number of amides is 2. The van der Waals surface area contributed by atoms with Gasteiger partial charge in [0.1, 0.15) is 0 Å². The number of rotatable bonds is 4. The van der Waals surface area contributed by atoms with E-state index in [4.69, 9.17) is 0 Å². The van der Waals surface area contributed by atoms with E-state index in [9.17, 15) is 13.2 Å². The third-order valence-corrected chi connectivity index (χ3v) is 7.02. The minimum Gasteiger partial charge on any atom is -0.369 e. The molecule has 1 aromatic carbocycles. The van der Waals surface area contributed by atoms with Crippen LogP contribution in [-0.2, 0) is 9.84 Å². The van der Waals surface area contributed by atoms with Crippen LogP contribution in [-0.4, -0.2) is 45.6 Å². The zero-order valence-corrected chi connectivity index (χ0v) is 16.2. The number of carbonyl (C=O) groups excluding carboxylic acids is 1. The summed E-state index contributed by atoms with van der Waals surface area (Å²) in [5, 5.41) is 5.88. The summed E-state index contributed by atoms with van der Waals surface area (Å²) in [5.74, 6) is 1.70. The van der Waals surface area contributed by atoms with Crippen molar-refractivity contribution in [2.24, 2.45) is 11.8 Å². The van der Waals surface area contributed by atoms with E-state index >= 15 is 0 Å². The second-order valence-electron chi connectivity index (χ2n) is 7.66. The Labute approximate surface area is 156 Å². The van der Waals surface area contributed by atoms with Crippen LogP contribution in [0.25, 0.3) is 0 Å². The van der Waals surface area contributed by atoms with Gasteiger partial charge in [-0.1, -0.05) is 25.8 Å². The van der Waals surface area contributed by atoms with E-state index in [1.807, 2.05) is 29.2 Å². The Balaban J connectivity index is 1.51. The lowest BCUT2D eigenvalue weighted by molar-refractivity contribution is 0.241. The van der Waals surface area contributed by atoms with Crippen molar-refractivity contribution in [3.63, 3.8) is 0 Å². The molecule has 1 saturated heterocycles. The minimum absolute atomic E-state index is 0.179. The first-order valence-electron chi connectivity index (χ1n) is 9.51. The van der Waals surface area contributed by atoms with Crippen LogP contribution in [0, 0.1) is 11.8 Å². The second kappa shape index (κ2) is 8.29. The van der Waals surface area contributed by atoms with Crippen LogP contribution in [0.1, 0.15) is 32.6 Å². The average molecular weight is 380 g/mol. The summed E-state index contributed by atoms with van der Waals surface area (Å²) in [5.41, 5.74) is 1.67. The number of hydrogen-bond donors (Lipinski definition) is 2. The van der Waals surface area contributed by atoms with Crippen LogP contribution >= 0.6 is 0 Å². The van der Waals surface area contributed by atoms with E-state index in [-0.39, 0.29) is 17.5 Å². The molecule has 1 aliphatic carbocycles. The standard InChI is InChI=1S/C19H29N3O3S/c1-15-4-2-5-16(12-15)14-20-19(23)21-17-6-3-7-18(13-17)22-8-10-26(24,25)11-9-22/h3,6-7,13,15-16H,2,4-5,8-12,14H2,1H3,(H2,20,21,23)/t15-,16-/m0/s1. The number of sulfone groups is 1. The molecule has 0 aromatic heterocycles. The molecular formula is C19H29N3O3S. The summed E-state index contributed by atoms with van der Waals surface area (Å²) < 4.78 is 23.1. The van der Waals surface area contributed by atoms with Crippen molar-refractivity contribution in [3.8, 4) is 0 Å². The molecule has 6 nitrogen and oxygen atoms in total. The summed E-state index contributed by atoms with van der Waals surface area (Å²) in [6, 6.07) is 7.41. The maximum absolute atomic E-state index is 12.2. The summed E-state index contributed by atoms with van der Waals surface area (Å²) in [6.07, 6.45) is 4.93. The molecule has 1 heterocycles. The zero-order chi connectivity index (χ0) is 18.6. The van der Waals surface area contributed by atoms with Gasteiger partial charge in [-0.3, -0.25) is 0 Å². The van der Waals surface area contributed by atoms with Crippen LogP contribution in [0.4, 0.5) is 16.2 Å². The Morgan fingerprint density at radius 1 is 1.23 bits per heavy atom. The highest BCUT2D eigenvalue weighted by Crippen LogP contribution is 2.28. The molecule has 2 aliphatic rings. The number of anilines is 2. The molecule has 26 heavy (non-hydrogen) atoms. The monoisotopic (exact) mass is 379 g/mol. The van der Waals surface area contributed by atoms with Gasteiger partial charge in [-0.15, -0.1) is 0 Å². The summed E-state index contributed by atoms with van der Waals surface area (Å²) >= 11 is 0. The smallest absolute Gasteiger partial charge is 0.319 e. The van der Waals surface area contributed by atoms with Crippen molar-refractivity contribution < 1.29 is 13.2 Å². The van der Waals surface area contributed by atoms with Crippen molar-refractivity contribution in [1.82, 2.24) is 5.32 Å². The fraction of sp³-hybridized carbons (Fsp3) is 0.632. The molecule has 3 rings (SSSR count). The van der Waals surface area contributed by atoms with E-state index in [2.05, 4.69) is 17.6 Å². The van der Waals surface area contributed by atoms with E-state index in [1.165, 1.54) is 25.7 Å². The number of carbonyl (C=O) groups is 1. The molecule has 2 fully saturated rings. The molecule has 2 amide bonds. The third-order valence-electron chi connectivity index (χ3n) is 5.41. The average Bonchev–Trinajstić information content (AvgIpc) is 2.60. The number of nitrogens with one attached hydrogen (secondary N) is 2. The second-order valence-corrected chi connectivity index (χ2v) is 9.97. The topological polar surface area (TPSA) is 78.5 Å². The van der Waals surface area contributed by atoms with Crippen molar-refractivity contribution in [2.45, 2.75) is 32.6 Å². The van der Waals surface area contributed by atoms with Gasteiger partial charge in [0.2, 0.25) is 0 Å². The molecule has 2 N–H and O–H groups in total. The van der Waals surface area contributed by atoms with Crippen LogP contribution < -0.4 is 15.5 Å². The Kier molecular flexibility index (Phi) is 6.06. The van der Waals surface area contributed by atoms with Gasteiger partial charge >= 0.3 is 6.03 Å². The van der Waals surface area contributed by atoms with Crippen LogP contribution in [0.5, 0.6) is 0 Å². The Hall–Kier alpha value is -1.76. The highest BCUT2D eigenvalue weighted by Gasteiger charge is 2.22. The quantitative estimate of drug-likeness (QED) is 0.843. The van der Waals surface area contributed by atoms with E-state index in [1.54, 1.807) is 0 Å². The Morgan fingerprint density at radius 3 is 2.73 bits per heavy atom. The predicted octanol–water partition coefficient (Wildman–Crippen LogP) is 2.87. The molecule has 144 valence electrons. The first-order chi connectivity index (χ1) is 12.4. The van der Waals surface area contributed by atoms with E-state index in [0.29, 0.717) is 19.0 Å². The largest absolute Gasteiger partial charge is 0.369 e. The number of benzene rings is 1. The van der Waals surface area contributed by atoms with Gasteiger partial charge in [0.25, 0.3) is 0 Å². The maximum atomic E-state index is 12.2. The van der Waals surface area contributed by atoms with Gasteiger partial charge in [-0.25, -0.2) is 13.2 Å². The third kappa shape index (κ3) is 5.37. The number of urea groups is 1. The predicted molar refractivity (Wildman–Crippen MR) is 105 cm³/mol. The van der Waals surface area contributed by atoms with Crippen molar-refractivity contribution >= 4 is 27.2 Å². The number of hydrogen-bond acceptors (Lipinski definition) is 4. The zero-order valence-electron chi connectivity index (χ0n) is 15.4. The SMILES string of the molecule is C[C@H]1CCC[C@H](CNC(=O)Nc2cccc(N3CCS(=O)(=O)CC3)c2)C1. The first kappa shape index (κ1) is 19.0. The summed E-state index contributed by atoms with van der Waals surface area (Å²) in [7, 11) is -2.90. The Morgan fingerprint density at radius 2 is 2.00 bits per heavy atom. The van der Waals surface area contributed by atoms with Crippen LogP contribution in [0.2, 0.25) is 0 Å². The van der Waals surface area contributed by atoms with Crippen molar-refractivity contribution in [1.29, 1.82) is 0 Å².